The molecule has 3 aromatic rings. The Morgan fingerprint density at radius 3 is 1.55 bits per heavy atom. The molecular weight excluding hydrogens is 361 g/mol. The van der Waals surface area contributed by atoms with Crippen LogP contribution in [0.4, 0.5) is 4.39 Å². The number of aliphatic hydroxyl groups is 1. The lowest BCUT2D eigenvalue weighted by Crippen LogP contribution is -3.13. The van der Waals surface area contributed by atoms with Crippen LogP contribution in [0.15, 0.2) is 84.9 Å². The summed E-state index contributed by atoms with van der Waals surface area (Å²) in [5.74, 6) is -0.383. The van der Waals surface area contributed by atoms with Crippen LogP contribution in [-0.4, -0.2) is 12.2 Å². The van der Waals surface area contributed by atoms with Crippen molar-refractivity contribution in [1.82, 2.24) is 0 Å². The Balaban J connectivity index is 1.89. The molecule has 2 nitrogen and oxygen atoms in total. The fourth-order valence-electron chi connectivity index (χ4n) is 5.57. The van der Waals surface area contributed by atoms with E-state index in [1.54, 1.807) is 12.1 Å². The van der Waals surface area contributed by atoms with Crippen LogP contribution in [0, 0.1) is 17.7 Å². The molecule has 2 unspecified atom stereocenters. The van der Waals surface area contributed by atoms with E-state index in [0.717, 1.165) is 5.56 Å². The van der Waals surface area contributed by atoms with Crippen molar-refractivity contribution in [3.8, 4) is 0 Å². The molecule has 2 N–H and O–H groups in total. The van der Waals surface area contributed by atoms with Gasteiger partial charge in [-0.25, -0.2) is 4.39 Å². The van der Waals surface area contributed by atoms with Crippen molar-refractivity contribution in [3.63, 3.8) is 0 Å². The van der Waals surface area contributed by atoms with Crippen LogP contribution >= 0.6 is 0 Å². The molecule has 0 aromatic heterocycles. The third kappa shape index (κ3) is 3.29. The molecule has 6 atom stereocenters. The van der Waals surface area contributed by atoms with Gasteiger partial charge in [-0.1, -0.05) is 86.6 Å². The average molecular weight is 391 g/mol. The Morgan fingerprint density at radius 1 is 0.724 bits per heavy atom. The second-order valence-electron chi connectivity index (χ2n) is 8.43. The van der Waals surface area contributed by atoms with Gasteiger partial charge in [0.05, 0.1) is 7.05 Å². The average Bonchev–Trinajstić information content (AvgIpc) is 2.74. The maximum atomic E-state index is 13.6. The molecule has 1 heterocycles. The first-order chi connectivity index (χ1) is 13.9. The van der Waals surface area contributed by atoms with Crippen molar-refractivity contribution in [3.05, 3.63) is 107 Å². The lowest BCUT2D eigenvalue weighted by atomic mass is 9.62. The summed E-state index contributed by atoms with van der Waals surface area (Å²) in [6.45, 7) is 4.25. The molecule has 29 heavy (non-hydrogen) atoms. The molecule has 0 radical (unpaired) electrons. The summed E-state index contributed by atoms with van der Waals surface area (Å²) in [5, 5.41) is 12.2. The Labute approximate surface area is 172 Å². The summed E-state index contributed by atoms with van der Waals surface area (Å²) in [7, 11) is 2.23. The van der Waals surface area contributed by atoms with Crippen LogP contribution in [0.3, 0.4) is 0 Å². The van der Waals surface area contributed by atoms with E-state index in [9.17, 15) is 9.50 Å². The van der Waals surface area contributed by atoms with Crippen molar-refractivity contribution < 1.29 is 14.4 Å². The molecule has 0 saturated carbocycles. The lowest BCUT2D eigenvalue weighted by molar-refractivity contribution is -0.962. The molecule has 0 aliphatic carbocycles. The molecule has 3 heteroatoms. The maximum absolute atomic E-state index is 13.6. The number of halogens is 1. The van der Waals surface area contributed by atoms with Crippen molar-refractivity contribution in [1.29, 1.82) is 0 Å². The minimum Gasteiger partial charge on any atom is -0.384 e. The molecule has 0 amide bonds. The monoisotopic (exact) mass is 390 g/mol. The maximum Gasteiger partial charge on any atom is 0.123 e. The minimum absolute atomic E-state index is 0.0506. The first-order valence-electron chi connectivity index (χ1n) is 10.4. The van der Waals surface area contributed by atoms with Gasteiger partial charge in [0.1, 0.15) is 23.5 Å². The standard InChI is InChI=1S/C26H28FNO/c1-18-24(20-10-6-4-7-11-20)28(3)25(21-12-8-5-9-13-21)19(2)26(18,29)22-14-16-23(27)17-15-22/h4-19,24-25,29H,1-3H3/p+1/t18-,19+,24-,25+,26?. The Hall–Kier alpha value is -2.49. The first kappa shape index (κ1) is 19.8. The summed E-state index contributed by atoms with van der Waals surface area (Å²) in [6, 6.07) is 27.5. The Bertz CT molecular complexity index is 888. The van der Waals surface area contributed by atoms with Crippen molar-refractivity contribution >= 4 is 0 Å². The van der Waals surface area contributed by atoms with Gasteiger partial charge in [0.15, 0.2) is 0 Å². The summed E-state index contributed by atoms with van der Waals surface area (Å²) in [4.78, 5) is 1.37. The molecule has 1 aliphatic rings. The number of hydrogen-bond acceptors (Lipinski definition) is 1. The smallest absolute Gasteiger partial charge is 0.123 e. The normalized spacial score (nSPS) is 32.1. The summed E-state index contributed by atoms with van der Waals surface area (Å²) < 4.78 is 13.6. The summed E-state index contributed by atoms with van der Waals surface area (Å²) in [6.07, 6.45) is 0. The van der Waals surface area contributed by atoms with Crippen LogP contribution in [0.2, 0.25) is 0 Å². The molecule has 0 bridgehead atoms. The third-order valence-corrected chi connectivity index (χ3v) is 6.99. The summed E-state index contributed by atoms with van der Waals surface area (Å²) in [5.41, 5.74) is 2.14. The molecule has 4 rings (SSSR count). The van der Waals surface area contributed by atoms with E-state index in [4.69, 9.17) is 0 Å². The van der Waals surface area contributed by atoms with Gasteiger partial charge in [0.2, 0.25) is 0 Å². The number of likely N-dealkylation sites (tertiary alicyclic amines) is 1. The van der Waals surface area contributed by atoms with E-state index in [-0.39, 0.29) is 29.7 Å². The van der Waals surface area contributed by atoms with Crippen LogP contribution in [0.25, 0.3) is 0 Å². The minimum atomic E-state index is -1.08. The second-order valence-corrected chi connectivity index (χ2v) is 8.43. The molecule has 3 aromatic carbocycles. The zero-order valence-corrected chi connectivity index (χ0v) is 17.2. The molecule has 150 valence electrons. The number of quaternary nitrogens is 1. The highest BCUT2D eigenvalue weighted by molar-refractivity contribution is 5.31. The van der Waals surface area contributed by atoms with Gasteiger partial charge in [0.25, 0.3) is 0 Å². The topological polar surface area (TPSA) is 24.7 Å². The Kier molecular flexibility index (Phi) is 5.28. The lowest BCUT2D eigenvalue weighted by Gasteiger charge is -2.53. The third-order valence-electron chi connectivity index (χ3n) is 6.99. The summed E-state index contributed by atoms with van der Waals surface area (Å²) >= 11 is 0. The van der Waals surface area contributed by atoms with Crippen molar-refractivity contribution in [2.24, 2.45) is 11.8 Å². The number of rotatable bonds is 3. The van der Waals surface area contributed by atoms with Crippen LogP contribution < -0.4 is 4.90 Å². The molecular formula is C26H29FNO+. The van der Waals surface area contributed by atoms with Gasteiger partial charge in [-0.2, -0.15) is 0 Å². The fraction of sp³-hybridized carbons (Fsp3) is 0.308. The molecule has 0 spiro atoms. The van der Waals surface area contributed by atoms with Crippen LogP contribution in [0.5, 0.6) is 0 Å². The Morgan fingerprint density at radius 2 is 1.14 bits per heavy atom. The van der Waals surface area contributed by atoms with E-state index in [0.29, 0.717) is 0 Å². The number of nitrogens with one attached hydrogen (secondary N) is 1. The predicted octanol–water partition coefficient (Wildman–Crippen LogP) is 4.30. The van der Waals surface area contributed by atoms with Gasteiger partial charge in [-0.15, -0.1) is 0 Å². The van der Waals surface area contributed by atoms with E-state index >= 15 is 0 Å². The van der Waals surface area contributed by atoms with E-state index in [1.807, 2.05) is 12.1 Å². The molecule has 1 fully saturated rings. The van der Waals surface area contributed by atoms with Gasteiger partial charge >= 0.3 is 0 Å². The van der Waals surface area contributed by atoms with E-state index < -0.39 is 5.60 Å². The highest BCUT2D eigenvalue weighted by atomic mass is 19.1. The van der Waals surface area contributed by atoms with Gasteiger partial charge < -0.3 is 10.0 Å². The fourth-order valence-corrected chi connectivity index (χ4v) is 5.57. The number of benzene rings is 3. The second kappa shape index (κ2) is 7.74. The van der Waals surface area contributed by atoms with Gasteiger partial charge in [-0.3, -0.25) is 0 Å². The molecule has 1 aliphatic heterocycles. The number of hydrogen-bond donors (Lipinski definition) is 2. The largest absolute Gasteiger partial charge is 0.384 e. The highest BCUT2D eigenvalue weighted by Gasteiger charge is 2.57. The van der Waals surface area contributed by atoms with Crippen LogP contribution in [-0.2, 0) is 5.60 Å². The highest BCUT2D eigenvalue weighted by Crippen LogP contribution is 2.49. The SMILES string of the molecule is C[C@@H]1[C@H](c2ccccc2)[NH+](C)[C@H](c2ccccc2)[C@H](C)C1(O)c1ccc(F)cc1. The zero-order chi connectivity index (χ0) is 20.6. The quantitative estimate of drug-likeness (QED) is 0.685. The van der Waals surface area contributed by atoms with Crippen molar-refractivity contribution in [2.45, 2.75) is 31.5 Å². The van der Waals surface area contributed by atoms with E-state index in [1.165, 1.54) is 28.2 Å². The number of piperidine rings is 1. The zero-order valence-electron chi connectivity index (χ0n) is 17.2. The van der Waals surface area contributed by atoms with E-state index in [2.05, 4.69) is 69.4 Å². The predicted molar refractivity (Wildman–Crippen MR) is 114 cm³/mol. The van der Waals surface area contributed by atoms with Gasteiger partial charge in [-0.05, 0) is 17.7 Å². The van der Waals surface area contributed by atoms with Crippen LogP contribution in [0.1, 0.15) is 42.6 Å². The first-order valence-corrected chi connectivity index (χ1v) is 10.4. The van der Waals surface area contributed by atoms with Crippen molar-refractivity contribution in [2.75, 3.05) is 7.05 Å². The molecule has 1 saturated heterocycles. The van der Waals surface area contributed by atoms with Gasteiger partial charge in [0, 0.05) is 23.0 Å².